The van der Waals surface area contributed by atoms with E-state index in [1.807, 2.05) is 6.92 Å². The van der Waals surface area contributed by atoms with Crippen LogP contribution in [-0.2, 0) is 4.79 Å². The van der Waals surface area contributed by atoms with Gasteiger partial charge in [-0.3, -0.25) is 4.79 Å². The number of hydrogen-bond acceptors (Lipinski definition) is 5. The van der Waals surface area contributed by atoms with Crippen molar-refractivity contribution in [2.75, 3.05) is 30.5 Å². The minimum Gasteiger partial charge on any atom is -0.494 e. The van der Waals surface area contributed by atoms with Gasteiger partial charge >= 0.3 is 0 Å². The van der Waals surface area contributed by atoms with E-state index < -0.39 is 0 Å². The number of amides is 1. The van der Waals surface area contributed by atoms with E-state index in [4.69, 9.17) is 15.6 Å². The van der Waals surface area contributed by atoms with Gasteiger partial charge in [0.05, 0.1) is 12.8 Å². The molecule has 1 atom stereocenters. The highest BCUT2D eigenvalue weighted by molar-refractivity contribution is 7.99. The van der Waals surface area contributed by atoms with E-state index in [1.165, 1.54) is 7.11 Å². The number of carbonyl (C=O) groups excluding carboxylic acids is 1. The molecule has 0 aliphatic heterocycles. The van der Waals surface area contributed by atoms with Crippen molar-refractivity contribution in [1.29, 1.82) is 0 Å². The highest BCUT2D eigenvalue weighted by Crippen LogP contribution is 2.26. The van der Waals surface area contributed by atoms with E-state index in [9.17, 15) is 4.79 Å². The average molecular weight is 298 g/mol. The lowest BCUT2D eigenvalue weighted by Gasteiger charge is -2.12. The molecular formula is C14H22N2O3S. The number of hydrogen-bond donors (Lipinski definition) is 3. The van der Waals surface area contributed by atoms with Crippen molar-refractivity contribution in [3.8, 4) is 5.75 Å². The third-order valence-electron chi connectivity index (χ3n) is 2.77. The molecule has 0 spiro atoms. The van der Waals surface area contributed by atoms with E-state index >= 15 is 0 Å². The number of nitrogen functional groups attached to an aromatic ring is 1. The summed E-state index contributed by atoms with van der Waals surface area (Å²) in [6.45, 7) is 2.23. The van der Waals surface area contributed by atoms with Gasteiger partial charge in [-0.1, -0.05) is 6.92 Å². The standard InChI is InChI=1S/C14H22N2O3S/c1-10(5-7-17)20-8-6-14(18)16-12-4-3-11(15)9-13(12)19-2/h3-4,9-10,17H,5-8,15H2,1-2H3,(H,16,18). The maximum absolute atomic E-state index is 11.8. The molecule has 1 amide bonds. The van der Waals surface area contributed by atoms with E-state index in [-0.39, 0.29) is 12.5 Å². The molecule has 1 rings (SSSR count). The second kappa shape index (κ2) is 8.71. The summed E-state index contributed by atoms with van der Waals surface area (Å²) in [5.74, 6) is 1.22. The molecule has 0 saturated carbocycles. The molecule has 0 bridgehead atoms. The Morgan fingerprint density at radius 1 is 1.55 bits per heavy atom. The van der Waals surface area contributed by atoms with Gasteiger partial charge in [-0.05, 0) is 18.6 Å². The first-order chi connectivity index (χ1) is 9.56. The zero-order valence-electron chi connectivity index (χ0n) is 11.9. The van der Waals surface area contributed by atoms with Crippen LogP contribution in [0.15, 0.2) is 18.2 Å². The number of nitrogens with two attached hydrogens (primary N) is 1. The molecule has 20 heavy (non-hydrogen) atoms. The van der Waals surface area contributed by atoms with Crippen LogP contribution < -0.4 is 15.8 Å². The third kappa shape index (κ3) is 5.71. The topological polar surface area (TPSA) is 84.6 Å². The Bertz CT molecular complexity index is 440. The maximum Gasteiger partial charge on any atom is 0.225 e. The molecule has 0 radical (unpaired) electrons. The largest absolute Gasteiger partial charge is 0.494 e. The quantitative estimate of drug-likeness (QED) is 0.640. The van der Waals surface area contributed by atoms with E-state index in [1.54, 1.807) is 30.0 Å². The Kier molecular flexibility index (Phi) is 7.25. The van der Waals surface area contributed by atoms with Crippen LogP contribution in [0.4, 0.5) is 11.4 Å². The Morgan fingerprint density at radius 2 is 2.30 bits per heavy atom. The Hall–Kier alpha value is -1.40. The Labute approximate surface area is 123 Å². The van der Waals surface area contributed by atoms with Crippen molar-refractivity contribution in [3.05, 3.63) is 18.2 Å². The predicted octanol–water partition coefficient (Wildman–Crippen LogP) is 2.11. The number of carbonyl (C=O) groups is 1. The summed E-state index contributed by atoms with van der Waals surface area (Å²) in [7, 11) is 1.54. The van der Waals surface area contributed by atoms with Gasteiger partial charge in [-0.2, -0.15) is 11.8 Å². The molecule has 5 nitrogen and oxygen atoms in total. The van der Waals surface area contributed by atoms with Crippen LogP contribution in [0.25, 0.3) is 0 Å². The molecule has 0 aliphatic rings. The second-order valence-electron chi connectivity index (χ2n) is 4.45. The van der Waals surface area contributed by atoms with Gasteiger partial charge in [-0.25, -0.2) is 0 Å². The van der Waals surface area contributed by atoms with Gasteiger partial charge < -0.3 is 20.9 Å². The van der Waals surface area contributed by atoms with Crippen molar-refractivity contribution >= 4 is 29.0 Å². The fourth-order valence-corrected chi connectivity index (χ4v) is 2.62. The molecule has 0 aromatic heterocycles. The zero-order valence-corrected chi connectivity index (χ0v) is 12.7. The van der Waals surface area contributed by atoms with Gasteiger partial charge in [0.25, 0.3) is 0 Å². The fraction of sp³-hybridized carbons (Fsp3) is 0.500. The van der Waals surface area contributed by atoms with Crippen LogP contribution in [-0.4, -0.2) is 35.7 Å². The van der Waals surface area contributed by atoms with Crippen LogP contribution in [0, 0.1) is 0 Å². The lowest BCUT2D eigenvalue weighted by molar-refractivity contribution is -0.115. The highest BCUT2D eigenvalue weighted by Gasteiger charge is 2.09. The molecule has 0 heterocycles. The van der Waals surface area contributed by atoms with Gasteiger partial charge in [0.2, 0.25) is 5.91 Å². The van der Waals surface area contributed by atoms with Crippen LogP contribution >= 0.6 is 11.8 Å². The number of anilines is 2. The number of rotatable bonds is 8. The molecule has 0 fully saturated rings. The monoisotopic (exact) mass is 298 g/mol. The van der Waals surface area contributed by atoms with Gasteiger partial charge in [-0.15, -0.1) is 0 Å². The van der Waals surface area contributed by atoms with Crippen LogP contribution in [0.3, 0.4) is 0 Å². The smallest absolute Gasteiger partial charge is 0.225 e. The second-order valence-corrected chi connectivity index (χ2v) is 6.00. The number of nitrogens with one attached hydrogen (secondary N) is 1. The summed E-state index contributed by atoms with van der Waals surface area (Å²) in [6, 6.07) is 5.12. The SMILES string of the molecule is COc1cc(N)ccc1NC(=O)CCSC(C)CCO. The van der Waals surface area contributed by atoms with Crippen molar-refractivity contribution in [2.45, 2.75) is 25.0 Å². The number of thioether (sulfide) groups is 1. The normalized spacial score (nSPS) is 11.9. The molecule has 6 heteroatoms. The highest BCUT2D eigenvalue weighted by atomic mass is 32.2. The fourth-order valence-electron chi connectivity index (χ4n) is 1.64. The zero-order chi connectivity index (χ0) is 15.0. The molecule has 0 saturated heterocycles. The lowest BCUT2D eigenvalue weighted by atomic mass is 10.2. The average Bonchev–Trinajstić information content (AvgIpc) is 2.41. The first kappa shape index (κ1) is 16.7. The lowest BCUT2D eigenvalue weighted by Crippen LogP contribution is -2.14. The summed E-state index contributed by atoms with van der Waals surface area (Å²) in [6.07, 6.45) is 1.17. The van der Waals surface area contributed by atoms with Crippen molar-refractivity contribution < 1.29 is 14.6 Å². The molecule has 112 valence electrons. The van der Waals surface area contributed by atoms with Gasteiger partial charge in [0.15, 0.2) is 0 Å². The van der Waals surface area contributed by atoms with Crippen molar-refractivity contribution in [1.82, 2.24) is 0 Å². The molecule has 4 N–H and O–H groups in total. The molecular weight excluding hydrogens is 276 g/mol. The summed E-state index contributed by atoms with van der Waals surface area (Å²) >= 11 is 1.68. The summed E-state index contributed by atoms with van der Waals surface area (Å²) in [5, 5.41) is 12.0. The number of benzene rings is 1. The minimum atomic E-state index is -0.0585. The van der Waals surface area contributed by atoms with Gasteiger partial charge in [0, 0.05) is 35.8 Å². The number of aliphatic hydroxyl groups is 1. The maximum atomic E-state index is 11.8. The van der Waals surface area contributed by atoms with Crippen molar-refractivity contribution in [3.63, 3.8) is 0 Å². The minimum absolute atomic E-state index is 0.0585. The van der Waals surface area contributed by atoms with Crippen LogP contribution in [0.1, 0.15) is 19.8 Å². The predicted molar refractivity (Wildman–Crippen MR) is 84.3 cm³/mol. The van der Waals surface area contributed by atoms with E-state index in [2.05, 4.69) is 5.32 Å². The van der Waals surface area contributed by atoms with Crippen molar-refractivity contribution in [2.24, 2.45) is 0 Å². The van der Waals surface area contributed by atoms with Crippen LogP contribution in [0.2, 0.25) is 0 Å². The Balaban J connectivity index is 2.42. The van der Waals surface area contributed by atoms with E-state index in [0.29, 0.717) is 28.8 Å². The number of ether oxygens (including phenoxy) is 1. The first-order valence-electron chi connectivity index (χ1n) is 6.52. The molecule has 0 aliphatic carbocycles. The van der Waals surface area contributed by atoms with Gasteiger partial charge in [0.1, 0.15) is 5.75 Å². The van der Waals surface area contributed by atoms with E-state index in [0.717, 1.165) is 12.2 Å². The van der Waals surface area contributed by atoms with Crippen LogP contribution in [0.5, 0.6) is 5.75 Å². The Morgan fingerprint density at radius 3 is 2.95 bits per heavy atom. The number of aliphatic hydroxyl groups excluding tert-OH is 1. The molecule has 1 unspecified atom stereocenters. The number of methoxy groups -OCH3 is 1. The summed E-state index contributed by atoms with van der Waals surface area (Å²) in [5.41, 5.74) is 6.88. The summed E-state index contributed by atoms with van der Waals surface area (Å²) < 4.78 is 5.17. The molecule has 1 aromatic carbocycles. The first-order valence-corrected chi connectivity index (χ1v) is 7.57. The third-order valence-corrected chi connectivity index (χ3v) is 4.01. The molecule has 1 aromatic rings. The summed E-state index contributed by atoms with van der Waals surface area (Å²) in [4.78, 5) is 11.8.